The van der Waals surface area contributed by atoms with Crippen LogP contribution in [0.3, 0.4) is 0 Å². The van der Waals surface area contributed by atoms with E-state index in [1.807, 2.05) is 0 Å². The third kappa shape index (κ3) is 3.18. The van der Waals surface area contributed by atoms with Gasteiger partial charge in [0.15, 0.2) is 0 Å². The number of amides is 1. The van der Waals surface area contributed by atoms with Crippen molar-refractivity contribution < 1.29 is 19.4 Å². The van der Waals surface area contributed by atoms with Crippen LogP contribution in [0.25, 0.3) is 0 Å². The standard InChI is InChI=1S/C14H17ClN2O4/c1-14(8-21-7-11(14)16)13(20)17(6-12(18)19)10-4-2-3-9(15)5-10/h2-5,11H,6-8,16H2,1H3,(H,18,19). The van der Waals surface area contributed by atoms with E-state index in [1.54, 1.807) is 31.2 Å². The van der Waals surface area contributed by atoms with Crippen molar-refractivity contribution in [2.45, 2.75) is 13.0 Å². The number of anilines is 1. The van der Waals surface area contributed by atoms with Crippen molar-refractivity contribution >= 4 is 29.2 Å². The smallest absolute Gasteiger partial charge is 0.323 e. The second-order valence-electron chi connectivity index (χ2n) is 5.30. The summed E-state index contributed by atoms with van der Waals surface area (Å²) in [7, 11) is 0. The van der Waals surface area contributed by atoms with Gasteiger partial charge in [0.25, 0.3) is 0 Å². The number of carboxylic acids is 1. The first kappa shape index (κ1) is 15.8. The van der Waals surface area contributed by atoms with E-state index in [-0.39, 0.29) is 19.1 Å². The second-order valence-corrected chi connectivity index (χ2v) is 5.74. The topological polar surface area (TPSA) is 92.9 Å². The minimum Gasteiger partial charge on any atom is -0.480 e. The number of nitrogens with two attached hydrogens (primary N) is 1. The summed E-state index contributed by atoms with van der Waals surface area (Å²) >= 11 is 5.92. The van der Waals surface area contributed by atoms with Crippen molar-refractivity contribution in [3.63, 3.8) is 0 Å². The Morgan fingerprint density at radius 3 is 2.81 bits per heavy atom. The molecule has 2 atom stereocenters. The quantitative estimate of drug-likeness (QED) is 0.869. The third-order valence-electron chi connectivity index (χ3n) is 3.66. The van der Waals surface area contributed by atoms with Gasteiger partial charge in [0, 0.05) is 16.8 Å². The van der Waals surface area contributed by atoms with Gasteiger partial charge in [-0.3, -0.25) is 9.59 Å². The number of nitrogens with zero attached hydrogens (tertiary/aromatic N) is 1. The highest BCUT2D eigenvalue weighted by Gasteiger charge is 2.47. The molecule has 3 N–H and O–H groups in total. The molecule has 0 radical (unpaired) electrons. The predicted octanol–water partition coefficient (Wildman–Crippen LogP) is 1.12. The lowest BCUT2D eigenvalue weighted by molar-refractivity contribution is -0.138. The summed E-state index contributed by atoms with van der Waals surface area (Å²) < 4.78 is 5.26. The highest BCUT2D eigenvalue weighted by atomic mass is 35.5. The van der Waals surface area contributed by atoms with Crippen LogP contribution in [0.4, 0.5) is 5.69 Å². The molecule has 2 rings (SSSR count). The van der Waals surface area contributed by atoms with Crippen molar-refractivity contribution in [1.82, 2.24) is 0 Å². The van der Waals surface area contributed by atoms with Gasteiger partial charge in [0.1, 0.15) is 6.54 Å². The molecule has 0 saturated carbocycles. The van der Waals surface area contributed by atoms with Gasteiger partial charge in [0.2, 0.25) is 5.91 Å². The lowest BCUT2D eigenvalue weighted by Gasteiger charge is -2.32. The van der Waals surface area contributed by atoms with Gasteiger partial charge in [-0.1, -0.05) is 17.7 Å². The number of ether oxygens (including phenoxy) is 1. The van der Waals surface area contributed by atoms with Gasteiger partial charge >= 0.3 is 5.97 Å². The number of carbonyl (C=O) groups is 2. The van der Waals surface area contributed by atoms with Crippen LogP contribution in [0.15, 0.2) is 24.3 Å². The lowest BCUT2D eigenvalue weighted by atomic mass is 9.84. The molecule has 1 aliphatic heterocycles. The van der Waals surface area contributed by atoms with Crippen molar-refractivity contribution in [2.75, 3.05) is 24.7 Å². The second kappa shape index (κ2) is 6.01. The molecule has 114 valence electrons. The summed E-state index contributed by atoms with van der Waals surface area (Å²) in [5, 5.41) is 9.49. The summed E-state index contributed by atoms with van der Waals surface area (Å²) in [6, 6.07) is 6.03. The predicted molar refractivity (Wildman–Crippen MR) is 78.3 cm³/mol. The molecule has 1 saturated heterocycles. The summed E-state index contributed by atoms with van der Waals surface area (Å²) in [6.45, 7) is 1.68. The Kier molecular flexibility index (Phi) is 4.51. The Labute approximate surface area is 127 Å². The van der Waals surface area contributed by atoms with Crippen LogP contribution in [0, 0.1) is 5.41 Å². The van der Waals surface area contributed by atoms with E-state index in [4.69, 9.17) is 27.2 Å². The maximum atomic E-state index is 12.8. The summed E-state index contributed by atoms with van der Waals surface area (Å²) in [5.41, 5.74) is 5.42. The normalized spacial score (nSPS) is 24.8. The van der Waals surface area contributed by atoms with Crippen LogP contribution < -0.4 is 10.6 Å². The molecule has 1 heterocycles. The van der Waals surface area contributed by atoms with Gasteiger partial charge in [-0.05, 0) is 25.1 Å². The number of benzene rings is 1. The summed E-state index contributed by atoms with van der Waals surface area (Å²) in [5.74, 6) is -1.49. The number of carbonyl (C=O) groups excluding carboxylic acids is 1. The van der Waals surface area contributed by atoms with Gasteiger partial charge < -0.3 is 20.5 Å². The number of halogens is 1. The van der Waals surface area contributed by atoms with Crippen LogP contribution in [0.2, 0.25) is 5.02 Å². The molecule has 1 fully saturated rings. The minimum atomic E-state index is -1.11. The maximum absolute atomic E-state index is 12.8. The van der Waals surface area contributed by atoms with E-state index in [2.05, 4.69) is 0 Å². The van der Waals surface area contributed by atoms with Crippen molar-refractivity contribution in [1.29, 1.82) is 0 Å². The zero-order valence-electron chi connectivity index (χ0n) is 11.6. The lowest BCUT2D eigenvalue weighted by Crippen LogP contribution is -2.52. The van der Waals surface area contributed by atoms with E-state index in [1.165, 1.54) is 4.90 Å². The van der Waals surface area contributed by atoms with Crippen LogP contribution >= 0.6 is 11.6 Å². The van der Waals surface area contributed by atoms with E-state index >= 15 is 0 Å². The zero-order chi connectivity index (χ0) is 15.6. The van der Waals surface area contributed by atoms with E-state index in [9.17, 15) is 9.59 Å². The largest absolute Gasteiger partial charge is 0.480 e. The molecule has 7 heteroatoms. The number of rotatable bonds is 4. The first-order valence-corrected chi connectivity index (χ1v) is 6.85. The van der Waals surface area contributed by atoms with Crippen LogP contribution in [0.1, 0.15) is 6.92 Å². The first-order valence-electron chi connectivity index (χ1n) is 6.47. The Morgan fingerprint density at radius 1 is 1.57 bits per heavy atom. The molecule has 0 aromatic heterocycles. The number of aliphatic carboxylic acids is 1. The molecule has 1 amide bonds. The van der Waals surface area contributed by atoms with Crippen LogP contribution in [-0.4, -0.2) is 42.8 Å². The molecular formula is C14H17ClN2O4. The molecular weight excluding hydrogens is 296 g/mol. The first-order chi connectivity index (χ1) is 9.84. The van der Waals surface area contributed by atoms with Crippen LogP contribution in [0.5, 0.6) is 0 Å². The van der Waals surface area contributed by atoms with E-state index in [0.29, 0.717) is 10.7 Å². The fraction of sp³-hybridized carbons (Fsp3) is 0.429. The highest BCUT2D eigenvalue weighted by molar-refractivity contribution is 6.31. The van der Waals surface area contributed by atoms with Gasteiger partial charge in [-0.2, -0.15) is 0 Å². The summed E-state index contributed by atoms with van der Waals surface area (Å²) in [4.78, 5) is 25.1. The Balaban J connectivity index is 2.36. The van der Waals surface area contributed by atoms with Gasteiger partial charge in [-0.25, -0.2) is 0 Å². The highest BCUT2D eigenvalue weighted by Crippen LogP contribution is 2.32. The molecule has 1 aromatic rings. The minimum absolute atomic E-state index is 0.170. The van der Waals surface area contributed by atoms with Crippen molar-refractivity contribution in [2.24, 2.45) is 11.1 Å². The molecule has 21 heavy (non-hydrogen) atoms. The Morgan fingerprint density at radius 2 is 2.29 bits per heavy atom. The summed E-state index contributed by atoms with van der Waals surface area (Å²) in [6.07, 6.45) is 0. The molecule has 0 aliphatic carbocycles. The molecule has 2 unspecified atom stereocenters. The third-order valence-corrected chi connectivity index (χ3v) is 3.90. The number of hydrogen-bond donors (Lipinski definition) is 2. The van der Waals surface area contributed by atoms with Crippen LogP contribution in [-0.2, 0) is 14.3 Å². The molecule has 6 nitrogen and oxygen atoms in total. The number of hydrogen-bond acceptors (Lipinski definition) is 4. The maximum Gasteiger partial charge on any atom is 0.323 e. The van der Waals surface area contributed by atoms with Gasteiger partial charge in [0.05, 0.1) is 18.6 Å². The average Bonchev–Trinajstić information content (AvgIpc) is 2.76. The molecule has 0 bridgehead atoms. The van der Waals surface area contributed by atoms with Crippen molar-refractivity contribution in [3.8, 4) is 0 Å². The van der Waals surface area contributed by atoms with Crippen molar-refractivity contribution in [3.05, 3.63) is 29.3 Å². The van der Waals surface area contributed by atoms with Gasteiger partial charge in [-0.15, -0.1) is 0 Å². The fourth-order valence-corrected chi connectivity index (χ4v) is 2.46. The number of carboxylic acid groups (broad SMARTS) is 1. The Hall–Kier alpha value is -1.63. The Bertz CT molecular complexity index is 566. The average molecular weight is 313 g/mol. The SMILES string of the molecule is CC1(C(=O)N(CC(=O)O)c2cccc(Cl)c2)COCC1N. The van der Waals surface area contributed by atoms with E-state index < -0.39 is 24.0 Å². The van der Waals surface area contributed by atoms with E-state index in [0.717, 1.165) is 0 Å². The molecule has 0 spiro atoms. The molecule has 1 aromatic carbocycles. The monoisotopic (exact) mass is 312 g/mol. The molecule has 1 aliphatic rings. The zero-order valence-corrected chi connectivity index (χ0v) is 12.3. The fourth-order valence-electron chi connectivity index (χ4n) is 2.28.